The van der Waals surface area contributed by atoms with Gasteiger partial charge in [-0.3, -0.25) is 9.36 Å². The van der Waals surface area contributed by atoms with Crippen molar-refractivity contribution in [2.24, 2.45) is 0 Å². The summed E-state index contributed by atoms with van der Waals surface area (Å²) in [5.74, 6) is 0. The van der Waals surface area contributed by atoms with Crippen molar-refractivity contribution >= 4 is 11.0 Å². The van der Waals surface area contributed by atoms with Crippen molar-refractivity contribution < 1.29 is 13.2 Å². The van der Waals surface area contributed by atoms with Gasteiger partial charge in [-0.05, 0) is 56.2 Å². The predicted molar refractivity (Wildman–Crippen MR) is 110 cm³/mol. The van der Waals surface area contributed by atoms with E-state index in [1.54, 1.807) is 10.7 Å². The van der Waals surface area contributed by atoms with Gasteiger partial charge in [-0.15, -0.1) is 0 Å². The van der Waals surface area contributed by atoms with Crippen molar-refractivity contribution in [2.75, 3.05) is 0 Å². The van der Waals surface area contributed by atoms with Gasteiger partial charge in [-0.25, -0.2) is 4.68 Å². The van der Waals surface area contributed by atoms with Gasteiger partial charge in [0, 0.05) is 11.5 Å². The number of aryl methyl sites for hydroxylation is 3. The Labute approximate surface area is 171 Å². The van der Waals surface area contributed by atoms with Crippen LogP contribution in [0.4, 0.5) is 13.2 Å². The average molecular weight is 411 g/mol. The fraction of sp³-hybridized carbons (Fsp3) is 0.217. The zero-order valence-corrected chi connectivity index (χ0v) is 16.8. The van der Waals surface area contributed by atoms with E-state index in [9.17, 15) is 18.0 Å². The molecule has 30 heavy (non-hydrogen) atoms. The summed E-state index contributed by atoms with van der Waals surface area (Å²) >= 11 is 0. The second-order valence-electron chi connectivity index (χ2n) is 7.48. The first-order valence-corrected chi connectivity index (χ1v) is 9.48. The molecule has 4 rings (SSSR count). The van der Waals surface area contributed by atoms with Crippen LogP contribution in [-0.2, 0) is 12.7 Å². The molecule has 0 fully saturated rings. The first-order valence-electron chi connectivity index (χ1n) is 9.48. The zero-order valence-electron chi connectivity index (χ0n) is 16.8. The Bertz CT molecular complexity index is 1300. The number of hydrogen-bond acceptors (Lipinski definition) is 2. The lowest BCUT2D eigenvalue weighted by Gasteiger charge is -2.14. The molecule has 0 unspecified atom stereocenters. The lowest BCUT2D eigenvalue weighted by atomic mass is 10.1. The average Bonchev–Trinajstić information content (AvgIpc) is 3.03. The molecule has 0 atom stereocenters. The molecule has 154 valence electrons. The van der Waals surface area contributed by atoms with Crippen LogP contribution in [0.5, 0.6) is 0 Å². The number of nitrogens with zero attached hydrogens (tertiary/aromatic N) is 3. The highest BCUT2D eigenvalue weighted by Gasteiger charge is 2.30. The smallest absolute Gasteiger partial charge is 0.288 e. The summed E-state index contributed by atoms with van der Waals surface area (Å²) in [6.45, 7) is 5.69. The minimum absolute atomic E-state index is 0.0104. The normalized spacial score (nSPS) is 11.9. The number of rotatable bonds is 3. The van der Waals surface area contributed by atoms with Crippen molar-refractivity contribution in [2.45, 2.75) is 33.5 Å². The van der Waals surface area contributed by atoms with Crippen molar-refractivity contribution in [3.63, 3.8) is 0 Å². The summed E-state index contributed by atoms with van der Waals surface area (Å²) < 4.78 is 42.6. The molecular formula is C23H20F3N3O. The van der Waals surface area contributed by atoms with Gasteiger partial charge in [-0.1, -0.05) is 29.8 Å². The number of halogens is 3. The van der Waals surface area contributed by atoms with Crippen LogP contribution in [0.2, 0.25) is 0 Å². The van der Waals surface area contributed by atoms with Gasteiger partial charge in [0.05, 0.1) is 23.5 Å². The molecule has 0 amide bonds. The van der Waals surface area contributed by atoms with Crippen molar-refractivity contribution in [1.82, 2.24) is 14.3 Å². The summed E-state index contributed by atoms with van der Waals surface area (Å²) in [6.07, 6.45) is -4.44. The van der Waals surface area contributed by atoms with Gasteiger partial charge in [0.2, 0.25) is 0 Å². The minimum atomic E-state index is -4.44. The van der Waals surface area contributed by atoms with Crippen LogP contribution in [0.15, 0.2) is 59.4 Å². The molecule has 0 saturated heterocycles. The molecule has 2 heterocycles. The SMILES string of the molecule is Cc1ccc(-n2nc(C)c3c(C)cc(=O)n(Cc4cccc(C(F)(F)F)c4)c32)cc1. The lowest BCUT2D eigenvalue weighted by molar-refractivity contribution is -0.137. The van der Waals surface area contributed by atoms with Gasteiger partial charge in [0.25, 0.3) is 5.56 Å². The Morgan fingerprint density at radius 1 is 0.967 bits per heavy atom. The van der Waals surface area contributed by atoms with Crippen LogP contribution in [0.1, 0.15) is 27.9 Å². The van der Waals surface area contributed by atoms with E-state index in [-0.39, 0.29) is 12.1 Å². The number of benzene rings is 2. The second-order valence-corrected chi connectivity index (χ2v) is 7.48. The molecule has 2 aromatic heterocycles. The zero-order chi connectivity index (χ0) is 21.6. The topological polar surface area (TPSA) is 39.8 Å². The van der Waals surface area contributed by atoms with Gasteiger partial charge in [0.15, 0.2) is 0 Å². The molecule has 0 aliphatic rings. The summed E-state index contributed by atoms with van der Waals surface area (Å²) in [4.78, 5) is 12.9. The molecule has 0 radical (unpaired) electrons. The Morgan fingerprint density at radius 2 is 1.67 bits per heavy atom. The molecule has 4 nitrogen and oxygen atoms in total. The Hall–Kier alpha value is -3.35. The molecular weight excluding hydrogens is 391 g/mol. The third-order valence-corrected chi connectivity index (χ3v) is 5.17. The summed E-state index contributed by atoms with van der Waals surface area (Å²) in [6, 6.07) is 14.3. The first kappa shape index (κ1) is 19.9. The molecule has 7 heteroatoms. The third kappa shape index (κ3) is 3.51. The largest absolute Gasteiger partial charge is 0.416 e. The molecule has 0 spiro atoms. The van der Waals surface area contributed by atoms with Gasteiger partial charge >= 0.3 is 6.18 Å². The summed E-state index contributed by atoms with van der Waals surface area (Å²) in [5, 5.41) is 5.45. The molecule has 0 saturated carbocycles. The summed E-state index contributed by atoms with van der Waals surface area (Å²) in [7, 11) is 0. The van der Waals surface area contributed by atoms with E-state index in [1.165, 1.54) is 16.7 Å². The molecule has 0 aliphatic carbocycles. The van der Waals surface area contributed by atoms with E-state index in [0.717, 1.165) is 40.0 Å². The highest BCUT2D eigenvalue weighted by Crippen LogP contribution is 2.30. The number of aromatic nitrogens is 3. The van der Waals surface area contributed by atoms with Gasteiger partial charge in [-0.2, -0.15) is 18.3 Å². The minimum Gasteiger partial charge on any atom is -0.288 e. The van der Waals surface area contributed by atoms with Crippen molar-refractivity contribution in [3.05, 3.63) is 92.9 Å². The van der Waals surface area contributed by atoms with Crippen LogP contribution in [0, 0.1) is 20.8 Å². The number of hydrogen-bond donors (Lipinski definition) is 0. The lowest BCUT2D eigenvalue weighted by Crippen LogP contribution is -2.23. The van der Waals surface area contributed by atoms with Crippen LogP contribution in [-0.4, -0.2) is 14.3 Å². The summed E-state index contributed by atoms with van der Waals surface area (Å²) in [5.41, 5.74) is 3.34. The molecule has 4 aromatic rings. The predicted octanol–water partition coefficient (Wildman–Crippen LogP) is 5.18. The van der Waals surface area contributed by atoms with Crippen LogP contribution in [0.25, 0.3) is 16.7 Å². The maximum Gasteiger partial charge on any atom is 0.416 e. The van der Waals surface area contributed by atoms with E-state index >= 15 is 0 Å². The van der Waals surface area contributed by atoms with E-state index in [0.29, 0.717) is 11.2 Å². The highest BCUT2D eigenvalue weighted by atomic mass is 19.4. The molecule has 0 aliphatic heterocycles. The highest BCUT2D eigenvalue weighted by molar-refractivity contribution is 5.83. The Kier molecular flexibility index (Phi) is 4.76. The fourth-order valence-corrected chi connectivity index (χ4v) is 3.71. The number of fused-ring (bicyclic) bond motifs is 1. The second kappa shape index (κ2) is 7.16. The standard InChI is InChI=1S/C23H20F3N3O/c1-14-7-9-19(10-8-14)29-22-21(16(3)27-29)15(2)11-20(30)28(22)13-17-5-4-6-18(12-17)23(24,25)26/h4-12H,13H2,1-3H3. The Morgan fingerprint density at radius 3 is 2.33 bits per heavy atom. The van der Waals surface area contributed by atoms with Gasteiger partial charge in [0.1, 0.15) is 5.65 Å². The fourth-order valence-electron chi connectivity index (χ4n) is 3.71. The monoisotopic (exact) mass is 411 g/mol. The number of alkyl halides is 3. The van der Waals surface area contributed by atoms with Crippen molar-refractivity contribution in [1.29, 1.82) is 0 Å². The van der Waals surface area contributed by atoms with Crippen LogP contribution in [0.3, 0.4) is 0 Å². The maximum absolute atomic E-state index is 13.1. The first-order chi connectivity index (χ1) is 14.1. The van der Waals surface area contributed by atoms with E-state index in [4.69, 9.17) is 0 Å². The van der Waals surface area contributed by atoms with E-state index in [1.807, 2.05) is 45.0 Å². The van der Waals surface area contributed by atoms with Gasteiger partial charge < -0.3 is 0 Å². The van der Waals surface area contributed by atoms with Crippen LogP contribution < -0.4 is 5.56 Å². The quantitative estimate of drug-likeness (QED) is 0.466. The van der Waals surface area contributed by atoms with Crippen LogP contribution >= 0.6 is 0 Å². The molecule has 2 aromatic carbocycles. The van der Waals surface area contributed by atoms with E-state index < -0.39 is 11.7 Å². The molecule has 0 bridgehead atoms. The number of pyridine rings is 1. The third-order valence-electron chi connectivity index (χ3n) is 5.17. The van der Waals surface area contributed by atoms with E-state index in [2.05, 4.69) is 5.10 Å². The van der Waals surface area contributed by atoms with Crippen molar-refractivity contribution in [3.8, 4) is 5.69 Å². The maximum atomic E-state index is 13.1. The Balaban J connectivity index is 1.94. The molecule has 0 N–H and O–H groups in total.